The van der Waals surface area contributed by atoms with E-state index >= 15 is 0 Å². The van der Waals surface area contributed by atoms with Gasteiger partial charge in [0.2, 0.25) is 10.0 Å². The van der Waals surface area contributed by atoms with E-state index in [9.17, 15) is 12.8 Å². The molecule has 1 rings (SSSR count). The van der Waals surface area contributed by atoms with Crippen LogP contribution in [0, 0.1) is 5.82 Å². The van der Waals surface area contributed by atoms with E-state index in [1.54, 1.807) is 13.8 Å². The van der Waals surface area contributed by atoms with Crippen molar-refractivity contribution in [2.24, 2.45) is 5.73 Å². The van der Waals surface area contributed by atoms with Gasteiger partial charge in [0, 0.05) is 6.54 Å². The Morgan fingerprint density at radius 3 is 2.53 bits per heavy atom. The first-order valence-corrected chi connectivity index (χ1v) is 7.82. The lowest BCUT2D eigenvalue weighted by molar-refractivity contribution is 0.584. The van der Waals surface area contributed by atoms with Crippen molar-refractivity contribution in [2.45, 2.75) is 25.5 Å². The first kappa shape index (κ1) is 15.8. The largest absolute Gasteiger partial charge is 0.392 e. The zero-order valence-electron chi connectivity index (χ0n) is 10.8. The van der Waals surface area contributed by atoms with Gasteiger partial charge in [0.25, 0.3) is 0 Å². The predicted molar refractivity (Wildman–Crippen MR) is 79.2 cm³/mol. The third-order valence-electron chi connectivity index (χ3n) is 2.74. The highest BCUT2D eigenvalue weighted by Crippen LogP contribution is 2.22. The van der Waals surface area contributed by atoms with Crippen LogP contribution in [0.3, 0.4) is 0 Å². The molecule has 7 heteroatoms. The van der Waals surface area contributed by atoms with E-state index in [-0.39, 0.29) is 23.6 Å². The molecule has 4 nitrogen and oxygen atoms in total. The highest BCUT2D eigenvalue weighted by molar-refractivity contribution is 7.95. The fourth-order valence-electron chi connectivity index (χ4n) is 1.85. The Hall–Kier alpha value is -1.21. The van der Waals surface area contributed by atoms with Crippen molar-refractivity contribution >= 4 is 32.9 Å². The third kappa shape index (κ3) is 3.42. The van der Waals surface area contributed by atoms with Crippen LogP contribution in [-0.4, -0.2) is 25.2 Å². The molecule has 0 fully saturated rings. The van der Waals surface area contributed by atoms with Crippen molar-refractivity contribution in [1.82, 2.24) is 0 Å². The molecule has 0 aliphatic carbocycles. The van der Waals surface area contributed by atoms with Gasteiger partial charge in [0.1, 0.15) is 11.1 Å². The highest BCUT2D eigenvalue weighted by atomic mass is 32.2. The second-order valence-corrected chi connectivity index (χ2v) is 6.50. The van der Waals surface area contributed by atoms with Crippen molar-refractivity contribution in [2.75, 3.05) is 10.8 Å². The molecule has 1 aromatic rings. The van der Waals surface area contributed by atoms with Crippen molar-refractivity contribution in [3.05, 3.63) is 30.1 Å². The maximum atomic E-state index is 13.2. The standard InChI is InChI=1S/C12H17FN2O2S2/c1-3-11(12(14)18)19(16,17)15(4-2)10-7-5-6-9(13)8-10/h5-8,11H,3-4H2,1-2H3,(H2,14,18). The average Bonchev–Trinajstić information content (AvgIpc) is 2.29. The minimum Gasteiger partial charge on any atom is -0.392 e. The Morgan fingerprint density at radius 2 is 2.11 bits per heavy atom. The molecule has 1 atom stereocenters. The van der Waals surface area contributed by atoms with Crippen LogP contribution in [0.4, 0.5) is 10.1 Å². The number of sulfonamides is 1. The molecule has 106 valence electrons. The number of rotatable bonds is 6. The molecule has 0 bridgehead atoms. The number of nitrogens with zero attached hydrogens (tertiary/aromatic N) is 1. The summed E-state index contributed by atoms with van der Waals surface area (Å²) in [6.07, 6.45) is 0.281. The quantitative estimate of drug-likeness (QED) is 0.817. The Bertz CT molecular complexity index is 561. The number of nitrogens with two attached hydrogens (primary N) is 1. The van der Waals surface area contributed by atoms with Crippen molar-refractivity contribution in [3.63, 3.8) is 0 Å². The molecule has 0 aromatic heterocycles. The summed E-state index contributed by atoms with van der Waals surface area (Å²) >= 11 is 4.80. The van der Waals surface area contributed by atoms with E-state index in [4.69, 9.17) is 18.0 Å². The summed E-state index contributed by atoms with van der Waals surface area (Å²) in [6.45, 7) is 3.56. The van der Waals surface area contributed by atoms with Gasteiger partial charge in [-0.2, -0.15) is 0 Å². The molecule has 0 radical (unpaired) electrons. The number of benzene rings is 1. The van der Waals surface area contributed by atoms with Crippen molar-refractivity contribution in [1.29, 1.82) is 0 Å². The molecular formula is C12H17FN2O2S2. The number of halogens is 1. The molecule has 1 aromatic carbocycles. The van der Waals surface area contributed by atoms with E-state index in [1.165, 1.54) is 24.3 Å². The Morgan fingerprint density at radius 1 is 1.47 bits per heavy atom. The fraction of sp³-hybridized carbons (Fsp3) is 0.417. The summed E-state index contributed by atoms with van der Waals surface area (Å²) in [6, 6.07) is 5.43. The molecule has 1 unspecified atom stereocenters. The van der Waals surface area contributed by atoms with E-state index < -0.39 is 21.1 Å². The third-order valence-corrected chi connectivity index (χ3v) is 5.56. The number of hydrogen-bond donors (Lipinski definition) is 1. The van der Waals surface area contributed by atoms with Gasteiger partial charge in [-0.15, -0.1) is 0 Å². The molecule has 0 aliphatic rings. The molecule has 19 heavy (non-hydrogen) atoms. The van der Waals surface area contributed by atoms with Crippen LogP contribution < -0.4 is 10.0 Å². The summed E-state index contributed by atoms with van der Waals surface area (Å²) < 4.78 is 39.3. The van der Waals surface area contributed by atoms with E-state index in [0.717, 1.165) is 4.31 Å². The van der Waals surface area contributed by atoms with Crippen LogP contribution in [0.1, 0.15) is 20.3 Å². The van der Waals surface area contributed by atoms with Crippen LogP contribution in [-0.2, 0) is 10.0 Å². The molecule has 0 saturated heterocycles. The van der Waals surface area contributed by atoms with Gasteiger partial charge in [-0.25, -0.2) is 12.8 Å². The normalized spacial score (nSPS) is 13.0. The topological polar surface area (TPSA) is 63.4 Å². The molecule has 0 amide bonds. The first-order valence-electron chi connectivity index (χ1n) is 5.91. The molecule has 0 aliphatic heterocycles. The maximum Gasteiger partial charge on any atom is 0.244 e. The lowest BCUT2D eigenvalue weighted by atomic mass is 10.3. The smallest absolute Gasteiger partial charge is 0.244 e. The summed E-state index contributed by atoms with van der Waals surface area (Å²) in [7, 11) is -3.73. The monoisotopic (exact) mass is 304 g/mol. The van der Waals surface area contributed by atoms with E-state index in [0.29, 0.717) is 0 Å². The highest BCUT2D eigenvalue weighted by Gasteiger charge is 2.32. The SMILES string of the molecule is CCC(C(N)=S)S(=O)(=O)N(CC)c1cccc(F)c1. The van der Waals surface area contributed by atoms with Crippen molar-refractivity contribution < 1.29 is 12.8 Å². The second-order valence-electron chi connectivity index (χ2n) is 3.99. The van der Waals surface area contributed by atoms with Crippen LogP contribution in [0.2, 0.25) is 0 Å². The zero-order chi connectivity index (χ0) is 14.6. The fourth-order valence-corrected chi connectivity index (χ4v) is 4.17. The van der Waals surface area contributed by atoms with E-state index in [1.807, 2.05) is 0 Å². The zero-order valence-corrected chi connectivity index (χ0v) is 12.5. The summed E-state index contributed by atoms with van der Waals surface area (Å²) in [5.74, 6) is -0.491. The lowest BCUT2D eigenvalue weighted by Crippen LogP contribution is -2.44. The lowest BCUT2D eigenvalue weighted by Gasteiger charge is -2.27. The Kier molecular flexibility index (Phi) is 5.25. The average molecular weight is 304 g/mol. The van der Waals surface area contributed by atoms with Crippen LogP contribution in [0.25, 0.3) is 0 Å². The summed E-state index contributed by atoms with van der Waals surface area (Å²) in [5.41, 5.74) is 5.76. The van der Waals surface area contributed by atoms with E-state index in [2.05, 4.69) is 0 Å². The summed E-state index contributed by atoms with van der Waals surface area (Å²) in [4.78, 5) is -0.0719. The maximum absolute atomic E-state index is 13.2. The van der Waals surface area contributed by atoms with Gasteiger partial charge >= 0.3 is 0 Å². The van der Waals surface area contributed by atoms with Gasteiger partial charge in [-0.05, 0) is 31.5 Å². The molecular weight excluding hydrogens is 287 g/mol. The Labute approximate surface area is 118 Å². The summed E-state index contributed by atoms with van der Waals surface area (Å²) in [5, 5.41) is -0.939. The van der Waals surface area contributed by atoms with Gasteiger partial charge in [-0.3, -0.25) is 4.31 Å². The van der Waals surface area contributed by atoms with Gasteiger partial charge in [0.15, 0.2) is 0 Å². The minimum absolute atomic E-state index is 0.0719. The molecule has 0 heterocycles. The van der Waals surface area contributed by atoms with Crippen molar-refractivity contribution in [3.8, 4) is 0 Å². The number of thiocarbonyl (C=S) groups is 1. The van der Waals surface area contributed by atoms with Crippen LogP contribution in [0.5, 0.6) is 0 Å². The Balaban J connectivity index is 3.26. The van der Waals surface area contributed by atoms with Gasteiger partial charge < -0.3 is 5.73 Å². The molecule has 0 saturated carbocycles. The number of hydrogen-bond acceptors (Lipinski definition) is 3. The van der Waals surface area contributed by atoms with Gasteiger partial charge in [-0.1, -0.05) is 25.2 Å². The first-order chi connectivity index (χ1) is 8.84. The molecule has 2 N–H and O–H groups in total. The van der Waals surface area contributed by atoms with Crippen LogP contribution >= 0.6 is 12.2 Å². The van der Waals surface area contributed by atoms with Gasteiger partial charge in [0.05, 0.1) is 10.7 Å². The number of anilines is 1. The minimum atomic E-state index is -3.73. The second kappa shape index (κ2) is 6.29. The molecule has 0 spiro atoms. The predicted octanol–water partition coefficient (Wildman–Crippen LogP) is 2.05. The van der Waals surface area contributed by atoms with Crippen LogP contribution in [0.15, 0.2) is 24.3 Å².